The summed E-state index contributed by atoms with van der Waals surface area (Å²) in [6.45, 7) is 6.68. The Balaban J connectivity index is 1.66. The lowest BCUT2D eigenvalue weighted by Crippen LogP contribution is -2.51. The molecule has 5 heteroatoms. The van der Waals surface area contributed by atoms with E-state index in [1.54, 1.807) is 12.1 Å². The molecular weight excluding hydrogens is 275 g/mol. The number of benzene rings is 1. The Labute approximate surface area is 124 Å². The summed E-state index contributed by atoms with van der Waals surface area (Å²) in [6.07, 6.45) is -0.501. The van der Waals surface area contributed by atoms with Crippen molar-refractivity contribution < 1.29 is 23.3 Å². The van der Waals surface area contributed by atoms with Crippen LogP contribution in [0.3, 0.4) is 0 Å². The molecule has 1 aromatic rings. The highest BCUT2D eigenvalue weighted by molar-refractivity contribution is 5.15. The van der Waals surface area contributed by atoms with Gasteiger partial charge in [-0.25, -0.2) is 4.39 Å². The number of hydrogen-bond donors (Lipinski definition) is 0. The van der Waals surface area contributed by atoms with Crippen LogP contribution in [0.5, 0.6) is 0 Å². The summed E-state index contributed by atoms with van der Waals surface area (Å²) in [6, 6.07) is 6.30. The van der Waals surface area contributed by atoms with Crippen LogP contribution < -0.4 is 0 Å². The van der Waals surface area contributed by atoms with Gasteiger partial charge in [0.1, 0.15) is 24.1 Å². The molecule has 0 amide bonds. The lowest BCUT2D eigenvalue weighted by Gasteiger charge is -2.36. The molecule has 2 fully saturated rings. The second-order valence-electron chi connectivity index (χ2n) is 6.08. The molecule has 1 aromatic carbocycles. The molecule has 2 saturated heterocycles. The Morgan fingerprint density at radius 1 is 1.24 bits per heavy atom. The van der Waals surface area contributed by atoms with Gasteiger partial charge in [0.2, 0.25) is 0 Å². The standard InChI is InChI=1S/C16H21FO4/c1-10-14(19-8-11-4-6-12(17)7-5-11)15-13(9-18-10)20-16(2,3)21-15/h4-7,10,13-15H,8-9H2,1-3H3/t10?,13-,14-,15-/m0/s1. The Morgan fingerprint density at radius 3 is 2.67 bits per heavy atom. The van der Waals surface area contributed by atoms with E-state index in [9.17, 15) is 4.39 Å². The van der Waals surface area contributed by atoms with Gasteiger partial charge in [0, 0.05) is 0 Å². The molecule has 0 N–H and O–H groups in total. The van der Waals surface area contributed by atoms with Crippen LogP contribution in [0, 0.1) is 5.82 Å². The second kappa shape index (κ2) is 5.65. The van der Waals surface area contributed by atoms with Crippen LogP contribution in [-0.4, -0.2) is 36.8 Å². The molecule has 0 aromatic heterocycles. The van der Waals surface area contributed by atoms with Crippen LogP contribution in [0.4, 0.5) is 4.39 Å². The zero-order chi connectivity index (χ0) is 15.0. The maximum atomic E-state index is 12.9. The van der Waals surface area contributed by atoms with Gasteiger partial charge in [-0.1, -0.05) is 12.1 Å². The van der Waals surface area contributed by atoms with Gasteiger partial charge in [-0.2, -0.15) is 0 Å². The van der Waals surface area contributed by atoms with Gasteiger partial charge in [0.15, 0.2) is 5.79 Å². The molecule has 2 aliphatic heterocycles. The predicted octanol–water partition coefficient (Wildman–Crippen LogP) is 2.65. The van der Waals surface area contributed by atoms with Gasteiger partial charge in [-0.3, -0.25) is 0 Å². The van der Waals surface area contributed by atoms with E-state index >= 15 is 0 Å². The Bertz CT molecular complexity index is 488. The van der Waals surface area contributed by atoms with Crippen molar-refractivity contribution in [2.75, 3.05) is 6.61 Å². The van der Waals surface area contributed by atoms with Gasteiger partial charge in [0.05, 0.1) is 19.3 Å². The van der Waals surface area contributed by atoms with E-state index in [-0.39, 0.29) is 30.2 Å². The molecule has 0 spiro atoms. The minimum Gasteiger partial charge on any atom is -0.373 e. The average Bonchev–Trinajstić information content (AvgIpc) is 2.74. The van der Waals surface area contributed by atoms with Crippen molar-refractivity contribution in [3.05, 3.63) is 35.6 Å². The third kappa shape index (κ3) is 3.26. The number of fused-ring (bicyclic) bond motifs is 1. The summed E-state index contributed by atoms with van der Waals surface area (Å²) in [4.78, 5) is 0. The van der Waals surface area contributed by atoms with E-state index in [0.29, 0.717) is 13.2 Å². The summed E-state index contributed by atoms with van der Waals surface area (Å²) in [5.74, 6) is -0.859. The molecule has 116 valence electrons. The van der Waals surface area contributed by atoms with Crippen molar-refractivity contribution in [3.8, 4) is 0 Å². The largest absolute Gasteiger partial charge is 0.373 e. The van der Waals surface area contributed by atoms with E-state index in [4.69, 9.17) is 18.9 Å². The molecular formula is C16H21FO4. The van der Waals surface area contributed by atoms with Crippen molar-refractivity contribution in [1.82, 2.24) is 0 Å². The van der Waals surface area contributed by atoms with Gasteiger partial charge >= 0.3 is 0 Å². The Hall–Kier alpha value is -1.01. The van der Waals surface area contributed by atoms with Gasteiger partial charge in [0.25, 0.3) is 0 Å². The number of ether oxygens (including phenoxy) is 4. The van der Waals surface area contributed by atoms with Crippen LogP contribution in [0.2, 0.25) is 0 Å². The molecule has 4 nitrogen and oxygen atoms in total. The Morgan fingerprint density at radius 2 is 1.95 bits per heavy atom. The van der Waals surface area contributed by atoms with Crippen molar-refractivity contribution in [3.63, 3.8) is 0 Å². The average molecular weight is 296 g/mol. The summed E-state index contributed by atoms with van der Waals surface area (Å²) in [5.41, 5.74) is 0.920. The quantitative estimate of drug-likeness (QED) is 0.859. The molecule has 0 radical (unpaired) electrons. The molecule has 3 rings (SSSR count). The van der Waals surface area contributed by atoms with Crippen molar-refractivity contribution in [2.45, 2.75) is 57.6 Å². The van der Waals surface area contributed by atoms with E-state index in [0.717, 1.165) is 5.56 Å². The molecule has 4 atom stereocenters. The lowest BCUT2D eigenvalue weighted by molar-refractivity contribution is -0.177. The van der Waals surface area contributed by atoms with Crippen LogP contribution in [0.1, 0.15) is 26.3 Å². The first-order valence-corrected chi connectivity index (χ1v) is 7.28. The first-order valence-electron chi connectivity index (χ1n) is 7.28. The SMILES string of the molecule is CC1OC[C@@H]2OC(C)(C)O[C@@H]2[C@H]1OCc1ccc(F)cc1. The fourth-order valence-corrected chi connectivity index (χ4v) is 2.88. The first kappa shape index (κ1) is 14.9. The highest BCUT2D eigenvalue weighted by atomic mass is 19.1. The van der Waals surface area contributed by atoms with Crippen LogP contribution in [0.15, 0.2) is 24.3 Å². The zero-order valence-electron chi connectivity index (χ0n) is 12.5. The summed E-state index contributed by atoms with van der Waals surface area (Å²) in [5, 5.41) is 0. The minimum absolute atomic E-state index is 0.0656. The molecule has 21 heavy (non-hydrogen) atoms. The summed E-state index contributed by atoms with van der Waals surface area (Å²) in [7, 11) is 0. The maximum Gasteiger partial charge on any atom is 0.164 e. The molecule has 2 heterocycles. The fourth-order valence-electron chi connectivity index (χ4n) is 2.88. The molecule has 0 saturated carbocycles. The highest BCUT2D eigenvalue weighted by Crippen LogP contribution is 2.35. The predicted molar refractivity (Wildman–Crippen MR) is 74.2 cm³/mol. The Kier molecular flexibility index (Phi) is 4.01. The third-order valence-corrected chi connectivity index (χ3v) is 3.89. The highest BCUT2D eigenvalue weighted by Gasteiger charge is 2.50. The number of halogens is 1. The smallest absolute Gasteiger partial charge is 0.164 e. The van der Waals surface area contributed by atoms with Gasteiger partial charge in [-0.15, -0.1) is 0 Å². The monoisotopic (exact) mass is 296 g/mol. The van der Waals surface area contributed by atoms with Crippen LogP contribution >= 0.6 is 0 Å². The second-order valence-corrected chi connectivity index (χ2v) is 6.08. The normalized spacial score (nSPS) is 34.7. The van der Waals surface area contributed by atoms with Gasteiger partial charge < -0.3 is 18.9 Å². The molecule has 0 aliphatic carbocycles. The first-order chi connectivity index (χ1) is 9.94. The fraction of sp³-hybridized carbons (Fsp3) is 0.625. The third-order valence-electron chi connectivity index (χ3n) is 3.89. The zero-order valence-corrected chi connectivity index (χ0v) is 12.5. The molecule has 1 unspecified atom stereocenters. The number of hydrogen-bond acceptors (Lipinski definition) is 4. The summed E-state index contributed by atoms with van der Waals surface area (Å²) >= 11 is 0. The molecule has 2 aliphatic rings. The summed E-state index contributed by atoms with van der Waals surface area (Å²) < 4.78 is 36.4. The number of rotatable bonds is 3. The minimum atomic E-state index is -0.611. The van der Waals surface area contributed by atoms with E-state index in [1.165, 1.54) is 12.1 Å². The van der Waals surface area contributed by atoms with E-state index in [1.807, 2.05) is 20.8 Å². The lowest BCUT2D eigenvalue weighted by atomic mass is 10.0. The van der Waals surface area contributed by atoms with Crippen molar-refractivity contribution >= 4 is 0 Å². The van der Waals surface area contributed by atoms with Crippen molar-refractivity contribution in [1.29, 1.82) is 0 Å². The van der Waals surface area contributed by atoms with Crippen LogP contribution in [0.25, 0.3) is 0 Å². The van der Waals surface area contributed by atoms with Gasteiger partial charge in [-0.05, 0) is 38.5 Å². The molecule has 0 bridgehead atoms. The van der Waals surface area contributed by atoms with Crippen molar-refractivity contribution in [2.24, 2.45) is 0 Å². The van der Waals surface area contributed by atoms with E-state index < -0.39 is 5.79 Å². The van der Waals surface area contributed by atoms with Crippen LogP contribution in [-0.2, 0) is 25.6 Å². The van der Waals surface area contributed by atoms with E-state index in [2.05, 4.69) is 0 Å². The topological polar surface area (TPSA) is 36.9 Å². The maximum absolute atomic E-state index is 12.9.